The van der Waals surface area contributed by atoms with E-state index in [1.54, 1.807) is 12.1 Å². The van der Waals surface area contributed by atoms with Crippen molar-refractivity contribution in [2.75, 3.05) is 13.7 Å². The van der Waals surface area contributed by atoms with Crippen LogP contribution in [0.3, 0.4) is 0 Å². The number of aliphatic carboxylic acids is 1. The topological polar surface area (TPSA) is 92.7 Å². The van der Waals surface area contributed by atoms with E-state index >= 15 is 0 Å². The number of methoxy groups -OCH3 is 1. The monoisotopic (exact) mass is 399 g/mol. The van der Waals surface area contributed by atoms with Crippen molar-refractivity contribution in [1.82, 2.24) is 4.72 Å². The Kier molecular flexibility index (Phi) is 6.17. The molecular weight excluding hydrogens is 385 g/mol. The Morgan fingerprint density at radius 1 is 1.42 bits per heavy atom. The second-order valence-corrected chi connectivity index (χ2v) is 6.71. The van der Waals surface area contributed by atoms with Gasteiger partial charge in [-0.2, -0.15) is 4.72 Å². The highest BCUT2D eigenvalue weighted by molar-refractivity contribution is 14.1. The van der Waals surface area contributed by atoms with Crippen molar-refractivity contribution in [3.63, 3.8) is 0 Å². The van der Waals surface area contributed by atoms with E-state index in [0.29, 0.717) is 0 Å². The lowest BCUT2D eigenvalue weighted by molar-refractivity contribution is -0.139. The maximum absolute atomic E-state index is 12.0. The SMILES string of the molecule is COCCC(NS(=O)(=O)c1ccc(I)cc1)C(=O)O. The van der Waals surface area contributed by atoms with Crippen LogP contribution >= 0.6 is 22.6 Å². The van der Waals surface area contributed by atoms with Crippen LogP contribution in [0.5, 0.6) is 0 Å². The van der Waals surface area contributed by atoms with Crippen LogP contribution in [0.1, 0.15) is 6.42 Å². The lowest BCUT2D eigenvalue weighted by Crippen LogP contribution is -2.41. The van der Waals surface area contributed by atoms with Crippen LogP contribution in [0.15, 0.2) is 29.2 Å². The smallest absolute Gasteiger partial charge is 0.321 e. The van der Waals surface area contributed by atoms with Gasteiger partial charge in [-0.1, -0.05) is 0 Å². The Bertz CT molecular complexity index is 529. The molecule has 0 saturated heterocycles. The highest BCUT2D eigenvalue weighted by Gasteiger charge is 2.24. The molecule has 0 saturated carbocycles. The van der Waals surface area contributed by atoms with Gasteiger partial charge in [0.1, 0.15) is 6.04 Å². The van der Waals surface area contributed by atoms with Crippen molar-refractivity contribution >= 4 is 38.6 Å². The van der Waals surface area contributed by atoms with Gasteiger partial charge in [0.2, 0.25) is 10.0 Å². The standard InChI is InChI=1S/C11H14INO5S/c1-18-7-6-10(11(14)15)13-19(16,17)9-4-2-8(12)3-5-9/h2-5,10,13H,6-7H2,1H3,(H,14,15). The summed E-state index contributed by atoms with van der Waals surface area (Å²) in [6, 6.07) is 4.93. The van der Waals surface area contributed by atoms with E-state index in [1.807, 2.05) is 0 Å². The highest BCUT2D eigenvalue weighted by atomic mass is 127. The second-order valence-electron chi connectivity index (χ2n) is 3.75. The summed E-state index contributed by atoms with van der Waals surface area (Å²) in [6.45, 7) is 0.159. The predicted octanol–water partition coefficient (Wildman–Crippen LogP) is 1.06. The number of benzene rings is 1. The molecule has 106 valence electrons. The molecule has 1 aromatic rings. The van der Waals surface area contributed by atoms with Crippen molar-refractivity contribution < 1.29 is 23.1 Å². The van der Waals surface area contributed by atoms with Crippen LogP contribution in [0.2, 0.25) is 0 Å². The molecular formula is C11H14INO5S. The Morgan fingerprint density at radius 2 is 2.00 bits per heavy atom. The first-order chi connectivity index (χ1) is 8.86. The van der Waals surface area contributed by atoms with Gasteiger partial charge in [-0.15, -0.1) is 0 Å². The normalized spacial score (nSPS) is 13.2. The molecule has 0 aliphatic rings. The minimum Gasteiger partial charge on any atom is -0.480 e. The van der Waals surface area contributed by atoms with Crippen LogP contribution in [-0.2, 0) is 19.6 Å². The quantitative estimate of drug-likeness (QED) is 0.669. The van der Waals surface area contributed by atoms with Gasteiger partial charge in [0.15, 0.2) is 0 Å². The summed E-state index contributed by atoms with van der Waals surface area (Å²) in [5.41, 5.74) is 0. The number of carboxylic acids is 1. The van der Waals surface area contributed by atoms with Gasteiger partial charge < -0.3 is 9.84 Å². The van der Waals surface area contributed by atoms with Gasteiger partial charge in [0, 0.05) is 17.3 Å². The van der Waals surface area contributed by atoms with E-state index in [1.165, 1.54) is 19.2 Å². The number of carboxylic acid groups (broad SMARTS) is 1. The van der Waals surface area contributed by atoms with Gasteiger partial charge in [-0.3, -0.25) is 4.79 Å². The van der Waals surface area contributed by atoms with E-state index in [0.717, 1.165) is 3.57 Å². The number of rotatable bonds is 7. The minimum atomic E-state index is -3.84. The molecule has 0 spiro atoms. The first-order valence-corrected chi connectivity index (χ1v) is 7.92. The van der Waals surface area contributed by atoms with Crippen molar-refractivity contribution in [3.05, 3.63) is 27.8 Å². The molecule has 1 unspecified atom stereocenters. The predicted molar refractivity (Wildman–Crippen MR) is 77.4 cm³/mol. The Morgan fingerprint density at radius 3 is 2.47 bits per heavy atom. The Labute approximate surface area is 125 Å². The largest absolute Gasteiger partial charge is 0.480 e. The van der Waals surface area contributed by atoms with Crippen molar-refractivity contribution in [2.45, 2.75) is 17.4 Å². The van der Waals surface area contributed by atoms with Crippen molar-refractivity contribution in [3.8, 4) is 0 Å². The third-order valence-electron chi connectivity index (χ3n) is 2.33. The third-order valence-corrected chi connectivity index (χ3v) is 4.54. The number of nitrogens with one attached hydrogen (secondary N) is 1. The Hall–Kier alpha value is -0.710. The summed E-state index contributed by atoms with van der Waals surface area (Å²) >= 11 is 2.05. The molecule has 0 amide bonds. The molecule has 0 radical (unpaired) electrons. The molecule has 19 heavy (non-hydrogen) atoms. The Balaban J connectivity index is 2.87. The highest BCUT2D eigenvalue weighted by Crippen LogP contribution is 2.13. The lowest BCUT2D eigenvalue weighted by Gasteiger charge is -2.14. The zero-order valence-corrected chi connectivity index (χ0v) is 13.1. The van der Waals surface area contributed by atoms with E-state index in [9.17, 15) is 13.2 Å². The van der Waals surface area contributed by atoms with Crippen LogP contribution in [0.25, 0.3) is 0 Å². The van der Waals surface area contributed by atoms with Crippen LogP contribution < -0.4 is 4.72 Å². The van der Waals surface area contributed by atoms with Gasteiger partial charge in [0.05, 0.1) is 4.90 Å². The van der Waals surface area contributed by atoms with Crippen LogP contribution in [0.4, 0.5) is 0 Å². The summed E-state index contributed by atoms with van der Waals surface area (Å²) in [7, 11) is -2.42. The van der Waals surface area contributed by atoms with E-state index in [4.69, 9.17) is 9.84 Å². The van der Waals surface area contributed by atoms with Gasteiger partial charge >= 0.3 is 5.97 Å². The molecule has 0 bridgehead atoms. The molecule has 8 heteroatoms. The fourth-order valence-electron chi connectivity index (χ4n) is 1.34. The van der Waals surface area contributed by atoms with Gasteiger partial charge in [0.25, 0.3) is 0 Å². The molecule has 6 nitrogen and oxygen atoms in total. The molecule has 1 rings (SSSR count). The average molecular weight is 399 g/mol. The van der Waals surface area contributed by atoms with Gasteiger partial charge in [-0.05, 0) is 53.3 Å². The van der Waals surface area contributed by atoms with E-state index in [-0.39, 0.29) is 17.9 Å². The lowest BCUT2D eigenvalue weighted by atomic mass is 10.2. The zero-order chi connectivity index (χ0) is 14.5. The molecule has 1 aromatic carbocycles. The summed E-state index contributed by atoms with van der Waals surface area (Å²) in [4.78, 5) is 11.0. The first-order valence-electron chi connectivity index (χ1n) is 5.36. The molecule has 0 aromatic heterocycles. The summed E-state index contributed by atoms with van der Waals surface area (Å²) in [5.74, 6) is -1.23. The summed E-state index contributed by atoms with van der Waals surface area (Å²) < 4.78 is 31.8. The maximum Gasteiger partial charge on any atom is 0.321 e. The fraction of sp³-hybridized carbons (Fsp3) is 0.364. The van der Waals surface area contributed by atoms with E-state index < -0.39 is 22.0 Å². The number of carbonyl (C=O) groups is 1. The molecule has 0 aliphatic carbocycles. The van der Waals surface area contributed by atoms with Crippen LogP contribution in [-0.4, -0.2) is 39.3 Å². The molecule has 0 fully saturated rings. The summed E-state index contributed by atoms with van der Waals surface area (Å²) in [6.07, 6.45) is 0.0649. The summed E-state index contributed by atoms with van der Waals surface area (Å²) in [5, 5.41) is 8.97. The average Bonchev–Trinajstić information content (AvgIpc) is 2.34. The fourth-order valence-corrected chi connectivity index (χ4v) is 2.92. The maximum atomic E-state index is 12.0. The molecule has 0 aliphatic heterocycles. The van der Waals surface area contributed by atoms with Gasteiger partial charge in [-0.25, -0.2) is 8.42 Å². The van der Waals surface area contributed by atoms with Crippen LogP contribution in [0, 0.1) is 3.57 Å². The number of sulfonamides is 1. The molecule has 0 heterocycles. The number of ether oxygens (including phenoxy) is 1. The minimum absolute atomic E-state index is 0.0385. The first kappa shape index (κ1) is 16.3. The zero-order valence-electron chi connectivity index (χ0n) is 10.2. The molecule has 2 N–H and O–H groups in total. The number of hydrogen-bond acceptors (Lipinski definition) is 4. The van der Waals surface area contributed by atoms with E-state index in [2.05, 4.69) is 27.3 Å². The number of halogens is 1. The number of hydrogen-bond donors (Lipinski definition) is 2. The second kappa shape index (κ2) is 7.17. The van der Waals surface area contributed by atoms with Crippen molar-refractivity contribution in [2.24, 2.45) is 0 Å². The van der Waals surface area contributed by atoms with Crippen molar-refractivity contribution in [1.29, 1.82) is 0 Å². The molecule has 1 atom stereocenters. The third kappa shape index (κ3) is 5.05.